The van der Waals surface area contributed by atoms with Crippen LogP contribution in [0.1, 0.15) is 29.7 Å². The highest BCUT2D eigenvalue weighted by Crippen LogP contribution is 2.42. The number of hydrogen-bond donors (Lipinski definition) is 1. The number of halogens is 3. The second kappa shape index (κ2) is 10.6. The molecular formula is C26H21F3N6O5S. The van der Waals surface area contributed by atoms with E-state index in [2.05, 4.69) is 5.32 Å². The smallest absolute Gasteiger partial charge is 0.353 e. The zero-order valence-corrected chi connectivity index (χ0v) is 22.4. The summed E-state index contributed by atoms with van der Waals surface area (Å²) in [6.45, 7) is 0.820. The highest BCUT2D eigenvalue weighted by molar-refractivity contribution is 7.90. The van der Waals surface area contributed by atoms with Crippen molar-refractivity contribution >= 4 is 33.5 Å². The summed E-state index contributed by atoms with van der Waals surface area (Å²) in [6.07, 6.45) is -3.92. The van der Waals surface area contributed by atoms with Crippen LogP contribution in [0.5, 0.6) is 0 Å². The molecule has 0 unspecified atom stereocenters. The second-order valence-electron chi connectivity index (χ2n) is 9.24. The van der Waals surface area contributed by atoms with E-state index in [1.54, 1.807) is 0 Å². The van der Waals surface area contributed by atoms with Crippen LogP contribution in [0.3, 0.4) is 0 Å². The molecule has 2 aliphatic rings. The molecule has 1 saturated heterocycles. The van der Waals surface area contributed by atoms with E-state index in [9.17, 15) is 46.5 Å². The lowest BCUT2D eigenvalue weighted by atomic mass is 9.93. The number of carbonyl (C=O) groups is 3. The van der Waals surface area contributed by atoms with Crippen LogP contribution in [0.2, 0.25) is 0 Å². The van der Waals surface area contributed by atoms with Crippen LogP contribution in [-0.4, -0.2) is 62.1 Å². The maximum absolute atomic E-state index is 14.1. The van der Waals surface area contributed by atoms with Gasteiger partial charge in [-0.3, -0.25) is 9.69 Å². The Morgan fingerprint density at radius 2 is 1.80 bits per heavy atom. The van der Waals surface area contributed by atoms with Gasteiger partial charge >= 0.3 is 18.2 Å². The van der Waals surface area contributed by atoms with E-state index in [0.717, 1.165) is 34.3 Å². The molecule has 0 bridgehead atoms. The molecule has 212 valence electrons. The Labute approximate surface area is 232 Å². The van der Waals surface area contributed by atoms with Crippen molar-refractivity contribution < 1.29 is 36.0 Å². The summed E-state index contributed by atoms with van der Waals surface area (Å²) in [6, 6.07) is 6.98. The molecule has 1 N–H and O–H groups in total. The minimum atomic E-state index is -4.77. The molecule has 1 fully saturated rings. The summed E-state index contributed by atoms with van der Waals surface area (Å²) < 4.78 is 66.1. The van der Waals surface area contributed by atoms with Gasteiger partial charge in [0.2, 0.25) is 5.91 Å². The van der Waals surface area contributed by atoms with E-state index in [-0.39, 0.29) is 41.2 Å². The Bertz CT molecular complexity index is 1690. The number of rotatable bonds is 3. The lowest BCUT2D eigenvalue weighted by Gasteiger charge is -2.43. The molecule has 0 spiro atoms. The summed E-state index contributed by atoms with van der Waals surface area (Å²) in [7, 11) is -4.10. The van der Waals surface area contributed by atoms with E-state index in [4.69, 9.17) is 0 Å². The van der Waals surface area contributed by atoms with Gasteiger partial charge in [-0.25, -0.2) is 22.9 Å². The lowest BCUT2D eigenvalue weighted by molar-refractivity contribution is -0.137. The zero-order chi connectivity index (χ0) is 30.3. The highest BCUT2D eigenvalue weighted by Gasteiger charge is 2.47. The largest absolute Gasteiger partial charge is 0.416 e. The average Bonchev–Trinajstić information content (AvgIpc) is 2.91. The summed E-state index contributed by atoms with van der Waals surface area (Å²) in [5.74, 6) is -0.539. The van der Waals surface area contributed by atoms with Crippen LogP contribution >= 0.6 is 0 Å². The van der Waals surface area contributed by atoms with Gasteiger partial charge in [0.15, 0.2) is 9.84 Å². The number of urea groups is 2. The second-order valence-corrected chi connectivity index (χ2v) is 11.2. The fourth-order valence-corrected chi connectivity index (χ4v) is 5.62. The predicted octanol–water partition coefficient (Wildman–Crippen LogP) is 3.31. The molecule has 0 radical (unpaired) electrons. The molecule has 0 aliphatic carbocycles. The van der Waals surface area contributed by atoms with E-state index >= 15 is 0 Å². The number of sulfone groups is 1. The number of hydrogen-bond acceptors (Lipinski definition) is 7. The summed E-state index contributed by atoms with van der Waals surface area (Å²) >= 11 is 0. The van der Waals surface area contributed by atoms with Crippen LogP contribution in [-0.2, 0) is 20.8 Å². The van der Waals surface area contributed by atoms with Crippen LogP contribution in [0.15, 0.2) is 58.6 Å². The van der Waals surface area contributed by atoms with Crippen LogP contribution in [0, 0.1) is 22.7 Å². The van der Waals surface area contributed by atoms with Gasteiger partial charge in [-0.05, 0) is 42.8 Å². The van der Waals surface area contributed by atoms with Crippen molar-refractivity contribution in [3.63, 3.8) is 0 Å². The molecule has 2 heterocycles. The van der Waals surface area contributed by atoms with Gasteiger partial charge in [0.25, 0.3) is 0 Å². The molecule has 2 aliphatic heterocycles. The number of carbonyl (C=O) groups excluding carboxylic acids is 3. The van der Waals surface area contributed by atoms with E-state index < -0.39 is 57.0 Å². The molecule has 4 rings (SSSR count). The van der Waals surface area contributed by atoms with Gasteiger partial charge in [0.05, 0.1) is 39.4 Å². The number of amides is 5. The Morgan fingerprint density at radius 3 is 2.39 bits per heavy atom. The van der Waals surface area contributed by atoms with E-state index in [1.165, 1.54) is 25.1 Å². The van der Waals surface area contributed by atoms with E-state index in [1.807, 2.05) is 12.1 Å². The van der Waals surface area contributed by atoms with Gasteiger partial charge in [0.1, 0.15) is 12.6 Å². The van der Waals surface area contributed by atoms with Crippen LogP contribution in [0.25, 0.3) is 0 Å². The van der Waals surface area contributed by atoms with Gasteiger partial charge in [-0.2, -0.15) is 23.7 Å². The third kappa shape index (κ3) is 5.44. The molecule has 0 aromatic heterocycles. The molecule has 0 saturated carbocycles. The first-order valence-electron chi connectivity index (χ1n) is 11.9. The Kier molecular flexibility index (Phi) is 7.52. The van der Waals surface area contributed by atoms with Crippen molar-refractivity contribution in [1.29, 1.82) is 10.5 Å². The van der Waals surface area contributed by atoms with Gasteiger partial charge in [0, 0.05) is 25.0 Å². The van der Waals surface area contributed by atoms with Gasteiger partial charge < -0.3 is 10.2 Å². The van der Waals surface area contributed by atoms with Crippen molar-refractivity contribution in [2.75, 3.05) is 30.8 Å². The first-order chi connectivity index (χ1) is 19.2. The number of nitrogens with zero attached hydrogens (tertiary/aromatic N) is 5. The molecule has 11 nitrogen and oxygen atoms in total. The summed E-state index contributed by atoms with van der Waals surface area (Å²) in [5.41, 5.74) is -2.09. The SMILES string of the molecule is CC1=C(C#N)[C@@H](c2ccc(C#N)cc2S(C)(=O)=O)N(C(=O)N2CCNC(=O)C2)C(=O)N1c1cccc(C(F)(F)F)c1. The molecule has 5 amide bonds. The number of anilines is 1. The molecular weight excluding hydrogens is 565 g/mol. The number of imide groups is 1. The summed E-state index contributed by atoms with van der Waals surface area (Å²) in [5, 5.41) is 22.1. The van der Waals surface area contributed by atoms with Crippen molar-refractivity contribution in [3.05, 3.63) is 70.4 Å². The topological polar surface area (TPSA) is 155 Å². The first-order valence-corrected chi connectivity index (χ1v) is 13.8. The molecule has 2 aromatic rings. The maximum Gasteiger partial charge on any atom is 0.416 e. The monoisotopic (exact) mass is 586 g/mol. The summed E-state index contributed by atoms with van der Waals surface area (Å²) in [4.78, 5) is 41.9. The third-order valence-electron chi connectivity index (χ3n) is 6.56. The number of nitriles is 2. The predicted molar refractivity (Wildman–Crippen MR) is 136 cm³/mol. The van der Waals surface area contributed by atoms with Crippen molar-refractivity contribution in [3.8, 4) is 12.1 Å². The molecule has 15 heteroatoms. The standard InChI is InChI=1S/C26H21F3N6O5S/c1-15-20(13-31)23(19-7-6-16(12-30)10-21(19)41(2,39)40)35(24(37)33-9-8-32-22(36)14-33)25(38)34(15)18-5-3-4-17(11-18)26(27,28)29/h3-7,10-11,23H,8-9,14H2,1-2H3,(H,32,36)/t23-/m1/s1. The molecule has 41 heavy (non-hydrogen) atoms. The highest BCUT2D eigenvalue weighted by atomic mass is 32.2. The van der Waals surface area contributed by atoms with Crippen molar-refractivity contribution in [1.82, 2.24) is 15.1 Å². The fraction of sp³-hybridized carbons (Fsp3) is 0.269. The molecule has 2 aromatic carbocycles. The number of allylic oxidation sites excluding steroid dienone is 1. The number of piperazine rings is 1. The first kappa shape index (κ1) is 29.1. The maximum atomic E-state index is 14.1. The Balaban J connectivity index is 2.01. The van der Waals surface area contributed by atoms with Crippen LogP contribution in [0.4, 0.5) is 28.4 Å². The van der Waals surface area contributed by atoms with Gasteiger partial charge in [-0.15, -0.1) is 0 Å². The fourth-order valence-electron chi connectivity index (χ4n) is 4.67. The Hall–Kier alpha value is -4.89. The van der Waals surface area contributed by atoms with Crippen LogP contribution < -0.4 is 10.2 Å². The van der Waals surface area contributed by atoms with Crippen molar-refractivity contribution in [2.24, 2.45) is 0 Å². The quantitative estimate of drug-likeness (QED) is 0.579. The Morgan fingerprint density at radius 1 is 1.10 bits per heavy atom. The van der Waals surface area contributed by atoms with E-state index in [0.29, 0.717) is 11.0 Å². The zero-order valence-electron chi connectivity index (χ0n) is 21.6. The third-order valence-corrected chi connectivity index (χ3v) is 7.71. The average molecular weight is 587 g/mol. The number of alkyl halides is 3. The number of nitrogens with one attached hydrogen (secondary N) is 1. The minimum absolute atomic E-state index is 0.0402. The molecule has 1 atom stereocenters. The van der Waals surface area contributed by atoms with Gasteiger partial charge in [-0.1, -0.05) is 12.1 Å². The number of benzene rings is 2. The normalized spacial score (nSPS) is 18.1. The van der Waals surface area contributed by atoms with Crippen molar-refractivity contribution in [2.45, 2.75) is 24.0 Å². The lowest BCUT2D eigenvalue weighted by Crippen LogP contribution is -2.59. The minimum Gasteiger partial charge on any atom is -0.353 e.